The van der Waals surface area contributed by atoms with E-state index in [1.807, 2.05) is 6.92 Å². The van der Waals surface area contributed by atoms with E-state index in [0.29, 0.717) is 112 Å². The van der Waals surface area contributed by atoms with Crippen LogP contribution in [0.5, 0.6) is 0 Å². The van der Waals surface area contributed by atoms with Gasteiger partial charge >= 0.3 is 8.53 Å². The van der Waals surface area contributed by atoms with Gasteiger partial charge in [-0.1, -0.05) is 20.7 Å². The van der Waals surface area contributed by atoms with Crippen molar-refractivity contribution in [2.75, 3.05) is 66.0 Å². The van der Waals surface area contributed by atoms with Crippen LogP contribution in [-0.4, -0.2) is 89.2 Å². The van der Waals surface area contributed by atoms with Crippen LogP contribution in [0.3, 0.4) is 0 Å². The molecule has 8 nitrogen and oxygen atoms in total. The highest BCUT2D eigenvalue weighted by Gasteiger charge is 2.32. The molecule has 0 radical (unpaired) electrons. The molecule has 1 unspecified atom stereocenters. The summed E-state index contributed by atoms with van der Waals surface area (Å²) in [6.45, 7) is 16.2. The molecular weight excluding hydrogens is 467 g/mol. The maximum absolute atomic E-state index is 7.36. The highest BCUT2D eigenvalue weighted by Crippen LogP contribution is 2.45. The second kappa shape index (κ2) is 22.8. The van der Waals surface area contributed by atoms with E-state index >= 15 is 0 Å². The number of hydrogen-bond donors (Lipinski definition) is 0. The van der Waals surface area contributed by atoms with Gasteiger partial charge in [0, 0.05) is 49.2 Å². The van der Waals surface area contributed by atoms with Gasteiger partial charge in [-0.3, -0.25) is 4.99 Å². The Morgan fingerprint density at radius 3 is 1.71 bits per heavy atom. The van der Waals surface area contributed by atoms with E-state index in [0.717, 1.165) is 0 Å². The molecule has 0 aliphatic carbocycles. The molecule has 0 aliphatic rings. The Kier molecular flexibility index (Phi) is 19.1. The van der Waals surface area contributed by atoms with Crippen molar-refractivity contribution in [3.8, 4) is 0 Å². The van der Waals surface area contributed by atoms with Gasteiger partial charge in [0.25, 0.3) is 0 Å². The van der Waals surface area contributed by atoms with E-state index in [9.17, 15) is 0 Å². The van der Waals surface area contributed by atoms with Crippen molar-refractivity contribution in [1.29, 1.82) is 0 Å². The van der Waals surface area contributed by atoms with Gasteiger partial charge < -0.3 is 28.0 Å². The first-order chi connectivity index (χ1) is 18.4. The highest BCUT2D eigenvalue weighted by molar-refractivity contribution is 7.45. The first kappa shape index (κ1) is 29.2. The maximum Gasteiger partial charge on any atom is 0.322 e. The first-order valence-corrected chi connectivity index (χ1v) is 14.1. The maximum atomic E-state index is 7.36. The first-order valence-electron chi connectivity index (χ1n) is 15.0. The fraction of sp³-hybridized carbons (Fsp3) is 0.962. The van der Waals surface area contributed by atoms with Crippen LogP contribution in [0.1, 0.15) is 85.1 Å². The zero-order chi connectivity index (χ0) is 28.5. The van der Waals surface area contributed by atoms with Gasteiger partial charge in [0.2, 0.25) is 0 Å². The quantitative estimate of drug-likeness (QED) is 0.0618. The molecule has 0 aromatic heterocycles. The fourth-order valence-electron chi connectivity index (χ4n) is 3.29. The Balaban J connectivity index is 5.00. The smallest absolute Gasteiger partial charge is 0.322 e. The molecule has 0 saturated heterocycles. The van der Waals surface area contributed by atoms with E-state index in [1.165, 1.54) is 6.40 Å². The lowest BCUT2D eigenvalue weighted by Gasteiger charge is -2.34. The highest BCUT2D eigenvalue weighted by atomic mass is 31.2. The second-order valence-electron chi connectivity index (χ2n) is 8.97. The van der Waals surface area contributed by atoms with Crippen LogP contribution in [0.15, 0.2) is 4.99 Å². The van der Waals surface area contributed by atoms with E-state index in [2.05, 4.69) is 37.4 Å². The predicted octanol–water partition coefficient (Wildman–Crippen LogP) is 6.09. The average molecular weight is 526 g/mol. The fourth-order valence-corrected chi connectivity index (χ4v) is 4.78. The molecule has 0 fully saturated rings. The Morgan fingerprint density at radius 2 is 1.29 bits per heavy atom. The molecule has 35 heavy (non-hydrogen) atoms. The molecular formula is C26H55N2O6P. The molecule has 0 rings (SSSR count). The SMILES string of the molecule is [2H]CCCOCC(COCCC[2H])(COCCC[2H])COCCCOP(OC=NCC)N(C(C)C)C(C)C. The normalized spacial score (nSPS) is 14.7. The molecule has 0 N–H and O–H groups in total. The van der Waals surface area contributed by atoms with Gasteiger partial charge in [-0.25, -0.2) is 4.67 Å². The zero-order valence-corrected chi connectivity index (χ0v) is 23.9. The molecule has 0 aromatic rings. The Bertz CT molecular complexity index is 514. The van der Waals surface area contributed by atoms with Gasteiger partial charge in [0.1, 0.15) is 0 Å². The number of aliphatic imine (C=N–C) groups is 1. The summed E-state index contributed by atoms with van der Waals surface area (Å²) in [5, 5.41) is 0. The standard InChI is InChI=1S/C26H55N2O6P/c1-9-14-29-19-26(20-30-15-10-2,21-31-16-11-3)22-32-17-13-18-33-35(34-23-27-12-4)28(24(5)6)25(7)8/h23-25H,9-22H2,1-8H3/i1D,2D,3D. The molecule has 0 aromatic carbocycles. The van der Waals surface area contributed by atoms with Crippen LogP contribution in [0.4, 0.5) is 0 Å². The van der Waals surface area contributed by atoms with Crippen molar-refractivity contribution in [1.82, 2.24) is 4.67 Å². The minimum atomic E-state index is -1.27. The van der Waals surface area contributed by atoms with Gasteiger partial charge in [-0.05, 0) is 60.3 Å². The summed E-state index contributed by atoms with van der Waals surface area (Å²) in [4.78, 5) is 4.18. The van der Waals surface area contributed by atoms with Crippen molar-refractivity contribution >= 4 is 14.9 Å². The van der Waals surface area contributed by atoms with Crippen LogP contribution >= 0.6 is 8.53 Å². The molecule has 0 saturated carbocycles. The Labute approximate surface area is 221 Å². The molecule has 0 bridgehead atoms. The van der Waals surface area contributed by atoms with Crippen molar-refractivity contribution in [3.63, 3.8) is 0 Å². The third-order valence-electron chi connectivity index (χ3n) is 4.77. The second-order valence-corrected chi connectivity index (χ2v) is 10.4. The number of ether oxygens (including phenoxy) is 4. The van der Waals surface area contributed by atoms with Crippen LogP contribution in [0, 0.1) is 5.41 Å². The lowest BCUT2D eigenvalue weighted by molar-refractivity contribution is -0.107. The zero-order valence-electron chi connectivity index (χ0n) is 26.0. The summed E-state index contributed by atoms with van der Waals surface area (Å²) in [6.07, 6.45) is 4.21. The predicted molar refractivity (Wildman–Crippen MR) is 146 cm³/mol. The summed E-state index contributed by atoms with van der Waals surface area (Å²) in [7, 11) is -1.27. The van der Waals surface area contributed by atoms with Crippen LogP contribution < -0.4 is 0 Å². The third-order valence-corrected chi connectivity index (χ3v) is 6.75. The van der Waals surface area contributed by atoms with Crippen LogP contribution in [-0.2, 0) is 28.0 Å². The Morgan fingerprint density at radius 1 is 0.800 bits per heavy atom. The minimum Gasteiger partial charge on any atom is -0.425 e. The Hall–Kier alpha value is -0.340. The number of rotatable bonds is 25. The van der Waals surface area contributed by atoms with Gasteiger partial charge in [0.15, 0.2) is 6.40 Å². The third kappa shape index (κ3) is 16.9. The molecule has 0 amide bonds. The van der Waals surface area contributed by atoms with Crippen molar-refractivity contribution < 1.29 is 32.1 Å². The molecule has 9 heteroatoms. The van der Waals surface area contributed by atoms with Crippen molar-refractivity contribution in [2.45, 2.75) is 93.1 Å². The minimum absolute atomic E-state index is 0.271. The monoisotopic (exact) mass is 525 g/mol. The van der Waals surface area contributed by atoms with E-state index in [1.54, 1.807) is 0 Å². The molecule has 210 valence electrons. The van der Waals surface area contributed by atoms with Crippen molar-refractivity contribution in [2.24, 2.45) is 10.4 Å². The largest absolute Gasteiger partial charge is 0.425 e. The van der Waals surface area contributed by atoms with E-state index in [-0.39, 0.29) is 12.1 Å². The molecule has 1 atom stereocenters. The number of hydrogen-bond acceptors (Lipinski definition) is 8. The summed E-state index contributed by atoms with van der Waals surface area (Å²) in [5.74, 6) is 0. The average Bonchev–Trinajstić information content (AvgIpc) is 2.88. The van der Waals surface area contributed by atoms with E-state index in [4.69, 9.17) is 32.1 Å². The summed E-state index contributed by atoms with van der Waals surface area (Å²) < 4.78 is 60.1. The van der Waals surface area contributed by atoms with Gasteiger partial charge in [0.05, 0.1) is 38.4 Å². The number of nitrogens with zero attached hydrogens (tertiary/aromatic N) is 2. The summed E-state index contributed by atoms with van der Waals surface area (Å²) in [5.41, 5.74) is -0.495. The molecule has 0 aliphatic heterocycles. The molecule has 0 heterocycles. The lowest BCUT2D eigenvalue weighted by Crippen LogP contribution is -2.42. The van der Waals surface area contributed by atoms with E-state index < -0.39 is 13.9 Å². The summed E-state index contributed by atoms with van der Waals surface area (Å²) in [6, 6.07) is 0.543. The van der Waals surface area contributed by atoms with Gasteiger partial charge in [-0.15, -0.1) is 0 Å². The summed E-state index contributed by atoms with van der Waals surface area (Å²) >= 11 is 0. The lowest BCUT2D eigenvalue weighted by atomic mass is 9.92. The molecule has 0 spiro atoms. The van der Waals surface area contributed by atoms with Crippen LogP contribution in [0.2, 0.25) is 0 Å². The van der Waals surface area contributed by atoms with Gasteiger partial charge in [-0.2, -0.15) is 0 Å². The van der Waals surface area contributed by atoms with Crippen molar-refractivity contribution in [3.05, 3.63) is 0 Å². The topological polar surface area (TPSA) is 71.0 Å². The van der Waals surface area contributed by atoms with Crippen LogP contribution in [0.25, 0.3) is 0 Å².